The Hall–Kier alpha value is -3.03. The number of aromatic carboxylic acids is 1. The molecule has 0 atom stereocenters. The highest BCUT2D eigenvalue weighted by Gasteiger charge is 2.10. The van der Waals surface area contributed by atoms with E-state index < -0.39 is 5.97 Å². The molecule has 2 aromatic rings. The van der Waals surface area contributed by atoms with Crippen LogP contribution in [0.1, 0.15) is 10.5 Å². The van der Waals surface area contributed by atoms with E-state index in [1.54, 1.807) is 30.4 Å². The van der Waals surface area contributed by atoms with Gasteiger partial charge in [0.2, 0.25) is 11.9 Å². The van der Waals surface area contributed by atoms with Crippen molar-refractivity contribution < 1.29 is 14.7 Å². The van der Waals surface area contributed by atoms with Crippen molar-refractivity contribution in [3.05, 3.63) is 42.5 Å². The van der Waals surface area contributed by atoms with E-state index in [0.717, 1.165) is 0 Å². The molecule has 0 aliphatic carbocycles. The summed E-state index contributed by atoms with van der Waals surface area (Å²) in [5.41, 5.74) is 0.343. The molecule has 8 heteroatoms. The lowest BCUT2D eigenvalue weighted by molar-refractivity contribution is -0.114. The zero-order chi connectivity index (χ0) is 15.2. The molecule has 1 amide bonds. The predicted molar refractivity (Wildman–Crippen MR) is 75.1 cm³/mol. The van der Waals surface area contributed by atoms with Crippen molar-refractivity contribution in [2.75, 3.05) is 23.8 Å². The van der Waals surface area contributed by atoms with Crippen molar-refractivity contribution >= 4 is 23.5 Å². The summed E-state index contributed by atoms with van der Waals surface area (Å²) in [5, 5.41) is 11.3. The highest BCUT2D eigenvalue weighted by atomic mass is 16.4. The van der Waals surface area contributed by atoms with E-state index in [9.17, 15) is 9.59 Å². The Morgan fingerprint density at radius 2 is 1.95 bits per heavy atom. The van der Waals surface area contributed by atoms with Crippen molar-refractivity contribution in [2.24, 2.45) is 0 Å². The number of anilines is 2. The van der Waals surface area contributed by atoms with E-state index in [1.165, 1.54) is 18.3 Å². The lowest BCUT2D eigenvalue weighted by Crippen LogP contribution is -2.31. The van der Waals surface area contributed by atoms with Crippen molar-refractivity contribution in [3.8, 4) is 0 Å². The van der Waals surface area contributed by atoms with Crippen molar-refractivity contribution in [2.45, 2.75) is 0 Å². The molecule has 0 aliphatic heterocycles. The van der Waals surface area contributed by atoms with Crippen LogP contribution in [0.15, 0.2) is 36.8 Å². The van der Waals surface area contributed by atoms with Crippen LogP contribution in [0.25, 0.3) is 0 Å². The fourth-order valence-electron chi connectivity index (χ4n) is 1.57. The Labute approximate surface area is 120 Å². The SMILES string of the molecule is CN(CC(=O)Nc1ccc(C(=O)O)nc1)c1ncccn1. The minimum atomic E-state index is -1.12. The van der Waals surface area contributed by atoms with Crippen LogP contribution in [0.4, 0.5) is 11.6 Å². The van der Waals surface area contributed by atoms with Gasteiger partial charge < -0.3 is 15.3 Å². The van der Waals surface area contributed by atoms with Gasteiger partial charge in [-0.25, -0.2) is 19.7 Å². The zero-order valence-corrected chi connectivity index (χ0v) is 11.2. The maximum atomic E-state index is 11.9. The fourth-order valence-corrected chi connectivity index (χ4v) is 1.57. The standard InChI is InChI=1S/C13H13N5O3/c1-18(13-14-5-2-6-15-13)8-11(19)17-9-3-4-10(12(20)21)16-7-9/h2-7H,8H2,1H3,(H,17,19)(H,20,21). The van der Waals surface area contributed by atoms with E-state index in [0.29, 0.717) is 11.6 Å². The summed E-state index contributed by atoms with van der Waals surface area (Å²) >= 11 is 0. The number of carbonyl (C=O) groups excluding carboxylic acids is 1. The van der Waals surface area contributed by atoms with Gasteiger partial charge in [0.05, 0.1) is 18.4 Å². The van der Waals surface area contributed by atoms with Gasteiger partial charge in [0, 0.05) is 19.4 Å². The average Bonchev–Trinajstić information content (AvgIpc) is 2.48. The number of hydrogen-bond donors (Lipinski definition) is 2. The number of hydrogen-bond acceptors (Lipinski definition) is 6. The molecule has 0 aromatic carbocycles. The van der Waals surface area contributed by atoms with E-state index in [4.69, 9.17) is 5.11 Å². The molecule has 2 rings (SSSR count). The third-order valence-electron chi connectivity index (χ3n) is 2.54. The van der Waals surface area contributed by atoms with E-state index in [-0.39, 0.29) is 18.1 Å². The van der Waals surface area contributed by atoms with Gasteiger partial charge in [-0.15, -0.1) is 0 Å². The topological polar surface area (TPSA) is 108 Å². The smallest absolute Gasteiger partial charge is 0.354 e. The first-order chi connectivity index (χ1) is 10.1. The lowest BCUT2D eigenvalue weighted by Gasteiger charge is -2.15. The molecule has 8 nitrogen and oxygen atoms in total. The molecule has 108 valence electrons. The summed E-state index contributed by atoms with van der Waals surface area (Å²) < 4.78 is 0. The van der Waals surface area contributed by atoms with Gasteiger partial charge in [0.1, 0.15) is 5.69 Å². The Balaban J connectivity index is 1.94. The quantitative estimate of drug-likeness (QED) is 0.830. The number of likely N-dealkylation sites (N-methyl/N-ethyl adjacent to an activating group) is 1. The van der Waals surface area contributed by atoms with Gasteiger partial charge in [-0.1, -0.05) is 0 Å². The van der Waals surface area contributed by atoms with Crippen molar-refractivity contribution in [1.82, 2.24) is 15.0 Å². The van der Waals surface area contributed by atoms with Gasteiger partial charge in [0.15, 0.2) is 0 Å². The van der Waals surface area contributed by atoms with E-state index in [1.807, 2.05) is 0 Å². The number of rotatable bonds is 5. The molecule has 0 saturated heterocycles. The molecule has 0 bridgehead atoms. The molecular weight excluding hydrogens is 274 g/mol. The molecule has 0 spiro atoms. The Bertz CT molecular complexity index is 630. The maximum absolute atomic E-state index is 11.9. The highest BCUT2D eigenvalue weighted by molar-refractivity contribution is 5.94. The number of pyridine rings is 1. The number of aromatic nitrogens is 3. The summed E-state index contributed by atoms with van der Waals surface area (Å²) in [4.78, 5) is 35.9. The second-order valence-electron chi connectivity index (χ2n) is 4.19. The van der Waals surface area contributed by atoms with Crippen molar-refractivity contribution in [3.63, 3.8) is 0 Å². The van der Waals surface area contributed by atoms with Crippen LogP contribution >= 0.6 is 0 Å². The minimum absolute atomic E-state index is 0.0602. The largest absolute Gasteiger partial charge is 0.477 e. The first-order valence-electron chi connectivity index (χ1n) is 6.03. The van der Waals surface area contributed by atoms with Crippen LogP contribution in [0.3, 0.4) is 0 Å². The zero-order valence-electron chi connectivity index (χ0n) is 11.2. The van der Waals surface area contributed by atoms with Crippen LogP contribution in [-0.2, 0) is 4.79 Å². The third-order valence-corrected chi connectivity index (χ3v) is 2.54. The van der Waals surface area contributed by atoms with Crippen LogP contribution in [0, 0.1) is 0 Å². The second kappa shape index (κ2) is 6.42. The Kier molecular flexibility index (Phi) is 4.39. The Morgan fingerprint density at radius 1 is 1.24 bits per heavy atom. The summed E-state index contributed by atoms with van der Waals surface area (Å²) in [7, 11) is 1.70. The molecule has 2 heterocycles. The first-order valence-corrected chi connectivity index (χ1v) is 6.03. The molecule has 0 unspecified atom stereocenters. The summed E-state index contributed by atoms with van der Waals surface area (Å²) in [6.07, 6.45) is 4.47. The molecule has 21 heavy (non-hydrogen) atoms. The normalized spacial score (nSPS) is 9.95. The molecule has 0 aliphatic rings. The molecule has 0 radical (unpaired) electrons. The molecule has 0 saturated carbocycles. The van der Waals surface area contributed by atoms with Gasteiger partial charge in [-0.05, 0) is 18.2 Å². The van der Waals surface area contributed by atoms with Crippen LogP contribution in [0.2, 0.25) is 0 Å². The number of carboxylic acid groups (broad SMARTS) is 1. The predicted octanol–water partition coefficient (Wildman–Crippen LogP) is 0.645. The average molecular weight is 287 g/mol. The van der Waals surface area contributed by atoms with Crippen LogP contribution in [0.5, 0.6) is 0 Å². The number of nitrogens with one attached hydrogen (secondary N) is 1. The van der Waals surface area contributed by atoms with Gasteiger partial charge in [-0.3, -0.25) is 4.79 Å². The molecular formula is C13H13N5O3. The number of carbonyl (C=O) groups is 2. The summed E-state index contributed by atoms with van der Waals surface area (Å²) in [5.74, 6) is -0.962. The molecule has 2 N–H and O–H groups in total. The van der Waals surface area contributed by atoms with Crippen LogP contribution < -0.4 is 10.2 Å². The maximum Gasteiger partial charge on any atom is 0.354 e. The molecule has 2 aromatic heterocycles. The van der Waals surface area contributed by atoms with E-state index >= 15 is 0 Å². The van der Waals surface area contributed by atoms with Gasteiger partial charge in [-0.2, -0.15) is 0 Å². The third kappa shape index (κ3) is 3.96. The molecule has 0 fully saturated rings. The summed E-state index contributed by atoms with van der Waals surface area (Å²) in [6, 6.07) is 4.49. The lowest BCUT2D eigenvalue weighted by atomic mass is 10.3. The fraction of sp³-hybridized carbons (Fsp3) is 0.154. The first kappa shape index (κ1) is 14.4. The van der Waals surface area contributed by atoms with Gasteiger partial charge >= 0.3 is 5.97 Å². The summed E-state index contributed by atoms with van der Waals surface area (Å²) in [6.45, 7) is 0.0602. The highest BCUT2D eigenvalue weighted by Crippen LogP contribution is 2.07. The van der Waals surface area contributed by atoms with E-state index in [2.05, 4.69) is 20.3 Å². The Morgan fingerprint density at radius 3 is 2.52 bits per heavy atom. The minimum Gasteiger partial charge on any atom is -0.477 e. The monoisotopic (exact) mass is 287 g/mol. The number of carboxylic acids is 1. The number of amides is 1. The van der Waals surface area contributed by atoms with Gasteiger partial charge in [0.25, 0.3) is 0 Å². The number of nitrogens with zero attached hydrogens (tertiary/aromatic N) is 4. The second-order valence-corrected chi connectivity index (χ2v) is 4.19. The van der Waals surface area contributed by atoms with Crippen LogP contribution in [-0.4, -0.2) is 45.5 Å². The van der Waals surface area contributed by atoms with Crippen molar-refractivity contribution in [1.29, 1.82) is 0 Å².